The van der Waals surface area contributed by atoms with Gasteiger partial charge in [-0.05, 0) is 46.9 Å². The maximum absolute atomic E-state index is 12.8. The minimum absolute atomic E-state index is 0.00605. The number of aromatic nitrogens is 4. The molecule has 2 aromatic carbocycles. The van der Waals surface area contributed by atoms with Gasteiger partial charge in [0.05, 0.1) is 35.9 Å². The molecule has 0 spiro atoms. The van der Waals surface area contributed by atoms with E-state index in [0.717, 1.165) is 64.7 Å². The molecule has 0 unspecified atom stereocenters. The summed E-state index contributed by atoms with van der Waals surface area (Å²) < 4.78 is 0. The fraction of sp³-hybridized carbons (Fsp3) is 0.444. The van der Waals surface area contributed by atoms with Crippen LogP contribution in [0.3, 0.4) is 0 Å². The molecule has 1 aliphatic rings. The van der Waals surface area contributed by atoms with Gasteiger partial charge in [0, 0.05) is 18.4 Å². The van der Waals surface area contributed by atoms with Crippen LogP contribution in [0.25, 0.3) is 33.6 Å². The van der Waals surface area contributed by atoms with Crippen molar-refractivity contribution in [3.05, 3.63) is 72.6 Å². The molecule has 0 saturated carbocycles. The van der Waals surface area contributed by atoms with E-state index >= 15 is 0 Å². The van der Waals surface area contributed by atoms with E-state index in [2.05, 4.69) is 101 Å². The molecule has 8 heteroatoms. The van der Waals surface area contributed by atoms with Crippen molar-refractivity contribution in [3.63, 3.8) is 0 Å². The normalized spacial score (nSPS) is 16.1. The molecule has 3 heterocycles. The quantitative estimate of drug-likeness (QED) is 0.185. The number of H-pyrrole nitrogens is 2. The van der Waals surface area contributed by atoms with Crippen molar-refractivity contribution >= 4 is 11.8 Å². The first-order valence-electron chi connectivity index (χ1n) is 15.8. The van der Waals surface area contributed by atoms with Gasteiger partial charge in [-0.1, -0.05) is 97.0 Å². The number of likely N-dealkylation sites (tertiary alicyclic amines) is 1. The van der Waals surface area contributed by atoms with Crippen LogP contribution in [0.5, 0.6) is 0 Å². The molecular weight excluding hydrogens is 548 g/mol. The molecular formula is C36H46N6O2. The van der Waals surface area contributed by atoms with Crippen molar-refractivity contribution in [1.82, 2.24) is 30.2 Å². The lowest BCUT2D eigenvalue weighted by Gasteiger charge is -2.25. The Balaban J connectivity index is 1.26. The Kier molecular flexibility index (Phi) is 9.09. The number of aromatic amines is 2. The zero-order chi connectivity index (χ0) is 31.6. The molecule has 0 bridgehead atoms. The first-order chi connectivity index (χ1) is 20.9. The molecule has 2 aromatic heterocycles. The molecule has 0 radical (unpaired) electrons. The second-order valence-corrected chi connectivity index (χ2v) is 13.8. The highest BCUT2D eigenvalue weighted by Gasteiger charge is 2.32. The van der Waals surface area contributed by atoms with E-state index in [9.17, 15) is 9.59 Å². The summed E-state index contributed by atoms with van der Waals surface area (Å²) in [6.45, 7) is 14.9. The summed E-state index contributed by atoms with van der Waals surface area (Å²) in [6.07, 6.45) is 6.23. The van der Waals surface area contributed by atoms with Gasteiger partial charge in [0.1, 0.15) is 11.6 Å². The Morgan fingerprint density at radius 2 is 1.41 bits per heavy atom. The van der Waals surface area contributed by atoms with Crippen LogP contribution in [0.2, 0.25) is 0 Å². The summed E-state index contributed by atoms with van der Waals surface area (Å²) in [5.41, 5.74) is 5.74. The third-order valence-electron chi connectivity index (χ3n) is 8.32. The van der Waals surface area contributed by atoms with Crippen molar-refractivity contribution in [2.75, 3.05) is 6.54 Å². The fourth-order valence-corrected chi connectivity index (χ4v) is 5.70. The maximum Gasteiger partial charge on any atom is 0.225 e. The van der Waals surface area contributed by atoms with Gasteiger partial charge in [-0.3, -0.25) is 9.59 Å². The lowest BCUT2D eigenvalue weighted by Crippen LogP contribution is -2.39. The van der Waals surface area contributed by atoms with Crippen LogP contribution >= 0.6 is 0 Å². The molecule has 232 valence electrons. The van der Waals surface area contributed by atoms with Gasteiger partial charge in [0.25, 0.3) is 0 Å². The van der Waals surface area contributed by atoms with E-state index in [1.165, 1.54) is 0 Å². The van der Waals surface area contributed by atoms with Crippen LogP contribution in [-0.4, -0.2) is 43.2 Å². The third-order valence-corrected chi connectivity index (χ3v) is 8.32. The Hall–Kier alpha value is -4.20. The number of hydrogen-bond donors (Lipinski definition) is 3. The smallest absolute Gasteiger partial charge is 0.225 e. The van der Waals surface area contributed by atoms with Crippen molar-refractivity contribution in [2.24, 2.45) is 17.3 Å². The van der Waals surface area contributed by atoms with Gasteiger partial charge in [-0.2, -0.15) is 0 Å². The van der Waals surface area contributed by atoms with Crippen LogP contribution in [0.1, 0.15) is 91.5 Å². The molecule has 3 N–H and O–H groups in total. The largest absolute Gasteiger partial charge is 0.345 e. The van der Waals surface area contributed by atoms with E-state index in [4.69, 9.17) is 0 Å². The second-order valence-electron chi connectivity index (χ2n) is 13.8. The number of carbonyl (C=O) groups excluding carboxylic acids is 2. The van der Waals surface area contributed by atoms with Crippen LogP contribution in [0.4, 0.5) is 0 Å². The molecule has 1 saturated heterocycles. The fourth-order valence-electron chi connectivity index (χ4n) is 5.70. The summed E-state index contributed by atoms with van der Waals surface area (Å²) >= 11 is 0. The maximum atomic E-state index is 12.8. The number of carbonyl (C=O) groups is 2. The average Bonchev–Trinajstić information content (AvgIpc) is 3.76. The average molecular weight is 595 g/mol. The lowest BCUT2D eigenvalue weighted by molar-refractivity contribution is -0.133. The van der Waals surface area contributed by atoms with Gasteiger partial charge in [-0.15, -0.1) is 0 Å². The molecule has 4 aromatic rings. The number of imidazole rings is 2. The highest BCUT2D eigenvalue weighted by molar-refractivity contribution is 5.81. The van der Waals surface area contributed by atoms with Crippen molar-refractivity contribution in [1.29, 1.82) is 0 Å². The highest BCUT2D eigenvalue weighted by Crippen LogP contribution is 2.33. The monoisotopic (exact) mass is 594 g/mol. The van der Waals surface area contributed by atoms with Crippen molar-refractivity contribution in [3.8, 4) is 33.6 Å². The number of rotatable bonds is 9. The topological polar surface area (TPSA) is 107 Å². The molecule has 1 aliphatic heterocycles. The van der Waals surface area contributed by atoms with Crippen LogP contribution < -0.4 is 5.32 Å². The molecule has 1 fully saturated rings. The Bertz CT molecular complexity index is 1570. The molecule has 2 atom stereocenters. The summed E-state index contributed by atoms with van der Waals surface area (Å²) in [5.74, 6) is 2.39. The molecule has 2 amide bonds. The second kappa shape index (κ2) is 12.8. The van der Waals surface area contributed by atoms with Gasteiger partial charge >= 0.3 is 0 Å². The minimum atomic E-state index is -0.468. The highest BCUT2D eigenvalue weighted by atomic mass is 16.2. The van der Waals surface area contributed by atoms with E-state index in [1.54, 1.807) is 0 Å². The minimum Gasteiger partial charge on any atom is -0.345 e. The Morgan fingerprint density at radius 1 is 0.864 bits per heavy atom. The van der Waals surface area contributed by atoms with E-state index in [0.29, 0.717) is 12.3 Å². The van der Waals surface area contributed by atoms with E-state index in [1.807, 2.05) is 38.1 Å². The number of amides is 2. The summed E-state index contributed by atoms with van der Waals surface area (Å²) in [4.78, 5) is 43.6. The molecule has 5 rings (SSSR count). The van der Waals surface area contributed by atoms with Crippen molar-refractivity contribution in [2.45, 2.75) is 79.8 Å². The van der Waals surface area contributed by atoms with E-state index in [-0.39, 0.29) is 29.8 Å². The Morgan fingerprint density at radius 3 is 1.95 bits per heavy atom. The predicted molar refractivity (Wildman–Crippen MR) is 175 cm³/mol. The first-order valence-corrected chi connectivity index (χ1v) is 15.8. The number of benzene rings is 2. The number of nitrogens with zero attached hydrogens (tertiary/aromatic N) is 3. The van der Waals surface area contributed by atoms with Crippen LogP contribution in [0.15, 0.2) is 60.9 Å². The summed E-state index contributed by atoms with van der Waals surface area (Å²) in [6, 6.07) is 16.7. The molecule has 44 heavy (non-hydrogen) atoms. The zero-order valence-corrected chi connectivity index (χ0v) is 27.1. The first kappa shape index (κ1) is 31.2. The van der Waals surface area contributed by atoms with Gasteiger partial charge < -0.3 is 20.2 Å². The van der Waals surface area contributed by atoms with Gasteiger partial charge in [0.15, 0.2) is 0 Å². The van der Waals surface area contributed by atoms with Crippen LogP contribution in [-0.2, 0) is 9.59 Å². The number of nitrogens with one attached hydrogen (secondary N) is 3. The third kappa shape index (κ3) is 6.95. The van der Waals surface area contributed by atoms with Crippen LogP contribution in [0, 0.1) is 17.3 Å². The Labute approximate surface area is 261 Å². The SMILES string of the molecule is CC(C)CC(=O)N1CCC[C@H]1c1ncc(-c2ccc(-c3ccc(-c4cnc([C@@H](NC(=O)C(C)(C)C)C(C)C)[nH]4)cc3)cc2)[nH]1. The van der Waals surface area contributed by atoms with E-state index < -0.39 is 5.41 Å². The molecule has 8 nitrogen and oxygen atoms in total. The zero-order valence-electron chi connectivity index (χ0n) is 27.1. The summed E-state index contributed by atoms with van der Waals surface area (Å²) in [5, 5.41) is 3.16. The lowest BCUT2D eigenvalue weighted by atomic mass is 9.94. The summed E-state index contributed by atoms with van der Waals surface area (Å²) in [7, 11) is 0. The molecule has 0 aliphatic carbocycles. The van der Waals surface area contributed by atoms with Gasteiger partial charge in [-0.25, -0.2) is 9.97 Å². The van der Waals surface area contributed by atoms with Crippen molar-refractivity contribution < 1.29 is 9.59 Å². The standard InChI is InChI=1S/C36H46N6O2/c1-22(2)19-31(43)42-18-8-9-30(42)33-37-20-28(39-33)26-14-10-24(11-15-26)25-12-16-27(17-13-25)29-21-38-34(40-29)32(23(3)4)41-35(44)36(5,6)7/h10-17,20-23,30,32H,8-9,18-19H2,1-7H3,(H,37,39)(H,38,40)(H,41,44)/t30-,32-/m0/s1. The number of hydrogen-bond acceptors (Lipinski definition) is 4. The van der Waals surface area contributed by atoms with Gasteiger partial charge in [0.2, 0.25) is 11.8 Å². The predicted octanol–water partition coefficient (Wildman–Crippen LogP) is 7.70.